The topological polar surface area (TPSA) is 285 Å². The zero-order valence-electron chi connectivity index (χ0n) is 27.2. The second-order valence-corrected chi connectivity index (χ2v) is 10.5. The molecule has 0 saturated carbocycles. The summed E-state index contributed by atoms with van der Waals surface area (Å²) in [4.78, 5) is 75.2. The Balaban J connectivity index is 4.29. The molecule has 0 unspecified atom stereocenters. The van der Waals surface area contributed by atoms with Crippen molar-refractivity contribution in [2.75, 3.05) is 105 Å². The predicted molar refractivity (Wildman–Crippen MR) is 175 cm³/mol. The molecule has 0 aliphatic rings. The van der Waals surface area contributed by atoms with Gasteiger partial charge >= 0.3 is 0 Å². The van der Waals surface area contributed by atoms with Crippen LogP contribution in [0.25, 0.3) is 0 Å². The molecule has 0 spiro atoms. The highest BCUT2D eigenvalue weighted by Gasteiger charge is 2.13. The third-order valence-corrected chi connectivity index (χ3v) is 6.60. The van der Waals surface area contributed by atoms with Crippen molar-refractivity contribution in [1.82, 2.24) is 41.7 Å². The first kappa shape index (κ1) is 42.6. The van der Waals surface area contributed by atoms with Crippen molar-refractivity contribution >= 4 is 35.4 Å². The van der Waals surface area contributed by atoms with E-state index in [0.29, 0.717) is 105 Å². The maximum absolute atomic E-state index is 12.3. The van der Waals surface area contributed by atoms with E-state index in [1.165, 1.54) is 0 Å². The fourth-order valence-corrected chi connectivity index (χ4v) is 4.03. The second-order valence-electron chi connectivity index (χ2n) is 10.5. The molecule has 0 saturated heterocycles. The Kier molecular flexibility index (Phi) is 26.9. The molecule has 266 valence electrons. The van der Waals surface area contributed by atoms with Crippen molar-refractivity contribution in [3.8, 4) is 0 Å². The maximum atomic E-state index is 12.3. The number of nitrogens with zero attached hydrogens (tertiary/aromatic N) is 2. The second kappa shape index (κ2) is 29.0. The highest BCUT2D eigenvalue weighted by atomic mass is 16.2. The van der Waals surface area contributed by atoms with Crippen LogP contribution in [0.15, 0.2) is 0 Å². The van der Waals surface area contributed by atoms with Gasteiger partial charge in [0, 0.05) is 143 Å². The van der Waals surface area contributed by atoms with E-state index in [0.717, 1.165) is 0 Å². The third kappa shape index (κ3) is 26.9. The molecule has 0 aliphatic carbocycles. The van der Waals surface area contributed by atoms with Crippen LogP contribution < -0.4 is 54.8 Å². The zero-order valence-corrected chi connectivity index (χ0v) is 27.2. The van der Waals surface area contributed by atoms with Gasteiger partial charge in [-0.3, -0.25) is 28.8 Å². The molecule has 0 atom stereocenters. The normalized spacial score (nSPS) is 10.9. The van der Waals surface area contributed by atoms with Crippen LogP contribution in [-0.4, -0.2) is 150 Å². The van der Waals surface area contributed by atoms with Gasteiger partial charge in [0.1, 0.15) is 0 Å². The van der Waals surface area contributed by atoms with E-state index in [4.69, 9.17) is 22.9 Å². The van der Waals surface area contributed by atoms with Crippen LogP contribution in [0.3, 0.4) is 0 Å². The van der Waals surface area contributed by atoms with Crippen LogP contribution in [0, 0.1) is 0 Å². The standard InChI is InChI=1S/C28H58N12O6/c29-7-12-34-26(44)4-18-39(17-3-23(32)41)21-15-37-24(42)1-10-33-11-2-25(43)38-16-22-40(19-5-27(45)35-13-8-30)20-6-28(46)36-14-9-31/h33H,1-22,29-31H2,(H2,32,41)(H,34,44)(H,35,45)(H,36,46)(H,37,42)(H,38,43). The number of nitrogens with two attached hydrogens (primary N) is 4. The van der Waals surface area contributed by atoms with Gasteiger partial charge in [0.25, 0.3) is 0 Å². The summed E-state index contributed by atoms with van der Waals surface area (Å²) in [5.74, 6) is -1.17. The van der Waals surface area contributed by atoms with Crippen LogP contribution in [0.4, 0.5) is 0 Å². The summed E-state index contributed by atoms with van der Waals surface area (Å²) < 4.78 is 0. The van der Waals surface area contributed by atoms with Gasteiger partial charge in [-0.1, -0.05) is 0 Å². The summed E-state index contributed by atoms with van der Waals surface area (Å²) in [6, 6.07) is 0. The quantitative estimate of drug-likeness (QED) is 0.0324. The molecule has 0 bridgehead atoms. The molecule has 0 aromatic heterocycles. The minimum atomic E-state index is -0.441. The van der Waals surface area contributed by atoms with E-state index in [1.807, 2.05) is 9.80 Å². The number of carbonyl (C=O) groups excluding carboxylic acids is 6. The summed E-state index contributed by atoms with van der Waals surface area (Å²) in [5.41, 5.74) is 21.5. The number of nitrogens with one attached hydrogen (secondary N) is 6. The van der Waals surface area contributed by atoms with Gasteiger partial charge in [0.05, 0.1) is 0 Å². The monoisotopic (exact) mass is 658 g/mol. The molecule has 0 rings (SSSR count). The number of hydrogen-bond acceptors (Lipinski definition) is 12. The van der Waals surface area contributed by atoms with Gasteiger partial charge in [-0.25, -0.2) is 0 Å². The molecular formula is C28H58N12O6. The van der Waals surface area contributed by atoms with Gasteiger partial charge in [-0.05, 0) is 0 Å². The summed E-state index contributed by atoms with van der Waals surface area (Å²) in [5, 5.41) is 16.8. The molecule has 46 heavy (non-hydrogen) atoms. The first-order valence-electron chi connectivity index (χ1n) is 16.0. The lowest BCUT2D eigenvalue weighted by Gasteiger charge is -2.22. The Labute approximate surface area is 272 Å². The summed E-state index contributed by atoms with van der Waals surface area (Å²) in [7, 11) is 0. The smallest absolute Gasteiger partial charge is 0.221 e. The van der Waals surface area contributed by atoms with Crippen molar-refractivity contribution in [3.05, 3.63) is 0 Å². The van der Waals surface area contributed by atoms with Crippen molar-refractivity contribution in [3.63, 3.8) is 0 Å². The van der Waals surface area contributed by atoms with Gasteiger partial charge in [-0.15, -0.1) is 0 Å². The predicted octanol–water partition coefficient (Wildman–Crippen LogP) is -5.54. The minimum Gasteiger partial charge on any atom is -0.370 e. The number of primary amides is 1. The molecule has 0 aromatic rings. The number of carbonyl (C=O) groups is 6. The van der Waals surface area contributed by atoms with E-state index in [2.05, 4.69) is 31.9 Å². The Hall–Kier alpha value is -3.42. The zero-order chi connectivity index (χ0) is 34.4. The molecule has 18 nitrogen and oxygen atoms in total. The highest BCUT2D eigenvalue weighted by molar-refractivity contribution is 5.78. The van der Waals surface area contributed by atoms with E-state index >= 15 is 0 Å². The molecule has 18 heteroatoms. The van der Waals surface area contributed by atoms with Crippen LogP contribution >= 0.6 is 0 Å². The van der Waals surface area contributed by atoms with Gasteiger partial charge in [-0.2, -0.15) is 0 Å². The van der Waals surface area contributed by atoms with E-state index in [-0.39, 0.29) is 68.1 Å². The Morgan fingerprint density at radius 3 is 1.02 bits per heavy atom. The average Bonchev–Trinajstić information content (AvgIpc) is 3.03. The lowest BCUT2D eigenvalue weighted by Crippen LogP contribution is -2.40. The van der Waals surface area contributed by atoms with E-state index < -0.39 is 5.91 Å². The molecule has 0 aromatic carbocycles. The van der Waals surface area contributed by atoms with Crippen molar-refractivity contribution < 1.29 is 28.8 Å². The molecule has 0 aliphatic heterocycles. The van der Waals surface area contributed by atoms with E-state index in [9.17, 15) is 28.8 Å². The molecule has 6 amide bonds. The van der Waals surface area contributed by atoms with Crippen molar-refractivity contribution in [2.45, 2.75) is 38.5 Å². The Morgan fingerprint density at radius 2 is 0.696 bits per heavy atom. The van der Waals surface area contributed by atoms with Gasteiger partial charge in [0.2, 0.25) is 35.4 Å². The average molecular weight is 659 g/mol. The van der Waals surface area contributed by atoms with E-state index in [1.54, 1.807) is 0 Å². The number of amides is 6. The SMILES string of the molecule is NCCNC(=O)CCN(CCNC(=O)CCNCCC(=O)NCCN(CCC(=O)NCCN)CCC(=O)NCCN)CCC(N)=O. The lowest BCUT2D eigenvalue weighted by atomic mass is 10.3. The molecular weight excluding hydrogens is 600 g/mol. The third-order valence-electron chi connectivity index (χ3n) is 6.60. The maximum Gasteiger partial charge on any atom is 0.221 e. The molecule has 0 fully saturated rings. The minimum absolute atomic E-state index is 0.130. The molecule has 0 heterocycles. The fraction of sp³-hybridized carbons (Fsp3) is 0.786. The first-order chi connectivity index (χ1) is 22.1. The Bertz CT molecular complexity index is 871. The summed E-state index contributed by atoms with van der Waals surface area (Å²) in [6.45, 7) is 6.29. The molecule has 0 radical (unpaired) electrons. The molecule has 14 N–H and O–H groups in total. The largest absolute Gasteiger partial charge is 0.370 e. The summed E-state index contributed by atoms with van der Waals surface area (Å²) >= 11 is 0. The van der Waals surface area contributed by atoms with Crippen LogP contribution in [0.1, 0.15) is 38.5 Å². The van der Waals surface area contributed by atoms with Crippen LogP contribution in [-0.2, 0) is 28.8 Å². The first-order valence-corrected chi connectivity index (χ1v) is 16.0. The van der Waals surface area contributed by atoms with Gasteiger partial charge in [0.15, 0.2) is 0 Å². The van der Waals surface area contributed by atoms with Crippen LogP contribution in [0.2, 0.25) is 0 Å². The fourth-order valence-electron chi connectivity index (χ4n) is 4.03. The lowest BCUT2D eigenvalue weighted by molar-refractivity contribution is -0.123. The summed E-state index contributed by atoms with van der Waals surface area (Å²) in [6.07, 6.45) is 1.33. The van der Waals surface area contributed by atoms with Crippen molar-refractivity contribution in [2.24, 2.45) is 22.9 Å². The number of rotatable bonds is 30. The van der Waals surface area contributed by atoms with Crippen LogP contribution in [0.5, 0.6) is 0 Å². The highest BCUT2D eigenvalue weighted by Crippen LogP contribution is 1.96. The Morgan fingerprint density at radius 1 is 0.391 bits per heavy atom. The van der Waals surface area contributed by atoms with Crippen molar-refractivity contribution in [1.29, 1.82) is 0 Å². The number of hydrogen-bond donors (Lipinski definition) is 10. The van der Waals surface area contributed by atoms with Gasteiger partial charge < -0.3 is 64.6 Å².